The number of benzene rings is 2. The molecule has 0 bridgehead atoms. The SMILES string of the molecule is Cc1cccn2c(=O)cc(CSc3nc(-c4ccccc4)c(-c4ccccc4)[nH]3)nc12. The van der Waals surface area contributed by atoms with Gasteiger partial charge in [0.1, 0.15) is 5.65 Å². The van der Waals surface area contributed by atoms with Gasteiger partial charge in [-0.05, 0) is 18.6 Å². The van der Waals surface area contributed by atoms with E-state index in [9.17, 15) is 4.79 Å². The summed E-state index contributed by atoms with van der Waals surface area (Å²) in [5.41, 5.74) is 6.37. The molecule has 0 saturated heterocycles. The molecule has 1 N–H and O–H groups in total. The third kappa shape index (κ3) is 3.90. The monoisotopic (exact) mass is 424 g/mol. The van der Waals surface area contributed by atoms with Crippen LogP contribution in [0.15, 0.2) is 95.0 Å². The molecule has 0 saturated carbocycles. The van der Waals surface area contributed by atoms with Gasteiger partial charge in [0.05, 0.1) is 17.1 Å². The summed E-state index contributed by atoms with van der Waals surface area (Å²) < 4.78 is 1.58. The van der Waals surface area contributed by atoms with Gasteiger partial charge in [-0.15, -0.1) is 0 Å². The number of hydrogen-bond donors (Lipinski definition) is 1. The number of thioether (sulfide) groups is 1. The van der Waals surface area contributed by atoms with Crippen molar-refractivity contribution in [3.63, 3.8) is 0 Å². The van der Waals surface area contributed by atoms with E-state index in [1.54, 1.807) is 28.4 Å². The van der Waals surface area contributed by atoms with Crippen LogP contribution in [0.25, 0.3) is 28.2 Å². The standard InChI is InChI=1S/C25H20N4OS/c1-17-9-8-14-29-21(30)15-20(26-24(17)29)16-31-25-27-22(18-10-4-2-5-11-18)23(28-25)19-12-6-3-7-13-19/h2-15H,16H2,1H3,(H,27,28). The summed E-state index contributed by atoms with van der Waals surface area (Å²) in [4.78, 5) is 25.5. The summed E-state index contributed by atoms with van der Waals surface area (Å²) in [5, 5.41) is 0.796. The van der Waals surface area contributed by atoms with E-state index in [1.165, 1.54) is 0 Å². The third-order valence-electron chi connectivity index (χ3n) is 5.09. The molecule has 0 atom stereocenters. The van der Waals surface area contributed by atoms with Crippen molar-refractivity contribution >= 4 is 17.4 Å². The van der Waals surface area contributed by atoms with Gasteiger partial charge in [0, 0.05) is 29.1 Å². The summed E-state index contributed by atoms with van der Waals surface area (Å²) in [6.45, 7) is 1.96. The number of nitrogens with zero attached hydrogens (tertiary/aromatic N) is 3. The number of pyridine rings is 1. The average Bonchev–Trinajstić information content (AvgIpc) is 3.24. The van der Waals surface area contributed by atoms with Gasteiger partial charge in [0.15, 0.2) is 5.16 Å². The maximum atomic E-state index is 12.5. The molecule has 0 unspecified atom stereocenters. The van der Waals surface area contributed by atoms with Crippen LogP contribution in [0.4, 0.5) is 0 Å². The number of aromatic nitrogens is 4. The second kappa shape index (κ2) is 8.24. The highest BCUT2D eigenvalue weighted by atomic mass is 32.2. The van der Waals surface area contributed by atoms with E-state index in [0.717, 1.165) is 38.9 Å². The molecule has 3 heterocycles. The molecule has 0 aliphatic carbocycles. The molecule has 3 aromatic heterocycles. The van der Waals surface area contributed by atoms with Crippen molar-refractivity contribution in [2.24, 2.45) is 0 Å². The largest absolute Gasteiger partial charge is 0.332 e. The van der Waals surface area contributed by atoms with Gasteiger partial charge in [-0.25, -0.2) is 9.97 Å². The summed E-state index contributed by atoms with van der Waals surface area (Å²) in [7, 11) is 0. The minimum absolute atomic E-state index is 0.0707. The number of aryl methyl sites for hydroxylation is 1. The van der Waals surface area contributed by atoms with Crippen LogP contribution in [-0.4, -0.2) is 19.4 Å². The minimum Gasteiger partial charge on any atom is -0.332 e. The van der Waals surface area contributed by atoms with Crippen LogP contribution in [0.5, 0.6) is 0 Å². The number of fused-ring (bicyclic) bond motifs is 1. The Balaban J connectivity index is 1.49. The number of nitrogens with one attached hydrogen (secondary N) is 1. The molecule has 0 aliphatic rings. The van der Waals surface area contributed by atoms with Crippen molar-refractivity contribution in [3.8, 4) is 22.5 Å². The molecule has 0 aliphatic heterocycles. The molecule has 0 amide bonds. The van der Waals surface area contributed by atoms with Crippen LogP contribution in [0.1, 0.15) is 11.3 Å². The topological polar surface area (TPSA) is 63.1 Å². The summed E-state index contributed by atoms with van der Waals surface area (Å²) >= 11 is 1.54. The molecule has 0 spiro atoms. The lowest BCUT2D eigenvalue weighted by molar-refractivity contribution is 0.996. The van der Waals surface area contributed by atoms with Gasteiger partial charge in [0.25, 0.3) is 5.56 Å². The zero-order valence-corrected chi connectivity index (χ0v) is 17.8. The van der Waals surface area contributed by atoms with Crippen LogP contribution < -0.4 is 5.56 Å². The highest BCUT2D eigenvalue weighted by Gasteiger charge is 2.15. The molecule has 0 fully saturated rings. The van der Waals surface area contributed by atoms with Crippen LogP contribution in [0.3, 0.4) is 0 Å². The first kappa shape index (κ1) is 19.3. The highest BCUT2D eigenvalue weighted by molar-refractivity contribution is 7.98. The molecule has 5 nitrogen and oxygen atoms in total. The van der Waals surface area contributed by atoms with E-state index in [0.29, 0.717) is 11.4 Å². The van der Waals surface area contributed by atoms with Gasteiger partial charge in [-0.2, -0.15) is 0 Å². The Morgan fingerprint density at radius 2 is 1.61 bits per heavy atom. The lowest BCUT2D eigenvalue weighted by Crippen LogP contribution is -2.15. The van der Waals surface area contributed by atoms with E-state index in [2.05, 4.69) is 29.2 Å². The molecule has 31 heavy (non-hydrogen) atoms. The first-order chi connectivity index (χ1) is 15.2. The molecular weight excluding hydrogens is 404 g/mol. The maximum Gasteiger partial charge on any atom is 0.258 e. The molecule has 5 aromatic rings. The second-order valence-corrected chi connectivity index (χ2v) is 8.22. The minimum atomic E-state index is -0.0707. The number of rotatable bonds is 5. The van der Waals surface area contributed by atoms with E-state index < -0.39 is 0 Å². The van der Waals surface area contributed by atoms with Crippen LogP contribution in [-0.2, 0) is 5.75 Å². The van der Waals surface area contributed by atoms with Gasteiger partial charge >= 0.3 is 0 Å². The Morgan fingerprint density at radius 3 is 2.35 bits per heavy atom. The Bertz CT molecular complexity index is 1350. The number of H-pyrrole nitrogens is 1. The number of imidazole rings is 1. The summed E-state index contributed by atoms with van der Waals surface area (Å²) in [6.07, 6.45) is 1.75. The van der Waals surface area contributed by atoms with E-state index in [-0.39, 0.29) is 5.56 Å². The lowest BCUT2D eigenvalue weighted by Gasteiger charge is -2.05. The Kier molecular flexibility index (Phi) is 5.14. The van der Waals surface area contributed by atoms with Crippen molar-refractivity contribution in [3.05, 3.63) is 107 Å². The predicted molar refractivity (Wildman–Crippen MR) is 125 cm³/mol. The zero-order valence-electron chi connectivity index (χ0n) is 16.9. The second-order valence-electron chi connectivity index (χ2n) is 7.26. The van der Waals surface area contributed by atoms with E-state index in [4.69, 9.17) is 9.97 Å². The molecule has 2 aromatic carbocycles. The van der Waals surface area contributed by atoms with Gasteiger partial charge in [0.2, 0.25) is 0 Å². The first-order valence-corrected chi connectivity index (χ1v) is 11.0. The molecule has 5 rings (SSSR count). The van der Waals surface area contributed by atoms with Crippen molar-refractivity contribution in [2.45, 2.75) is 17.8 Å². The third-order valence-corrected chi connectivity index (χ3v) is 5.99. The quantitative estimate of drug-likeness (QED) is 0.386. The fourth-order valence-electron chi connectivity index (χ4n) is 3.56. The Hall–Kier alpha value is -3.64. The summed E-state index contributed by atoms with van der Waals surface area (Å²) in [6, 6.07) is 25.8. The van der Waals surface area contributed by atoms with E-state index in [1.807, 2.05) is 55.5 Å². The van der Waals surface area contributed by atoms with Crippen molar-refractivity contribution < 1.29 is 0 Å². The fourth-order valence-corrected chi connectivity index (χ4v) is 4.33. The predicted octanol–water partition coefficient (Wildman–Crippen LogP) is 5.35. The zero-order chi connectivity index (χ0) is 21.2. The number of aromatic amines is 1. The van der Waals surface area contributed by atoms with E-state index >= 15 is 0 Å². The molecule has 0 radical (unpaired) electrons. The van der Waals surface area contributed by atoms with Crippen LogP contribution >= 0.6 is 11.8 Å². The van der Waals surface area contributed by atoms with Crippen molar-refractivity contribution in [1.82, 2.24) is 19.4 Å². The van der Waals surface area contributed by atoms with Crippen LogP contribution in [0.2, 0.25) is 0 Å². The fraction of sp³-hybridized carbons (Fsp3) is 0.0800. The summed E-state index contributed by atoms with van der Waals surface area (Å²) in [5.74, 6) is 0.552. The Labute approximate surface area is 183 Å². The van der Waals surface area contributed by atoms with Crippen molar-refractivity contribution in [1.29, 1.82) is 0 Å². The average molecular weight is 425 g/mol. The number of hydrogen-bond acceptors (Lipinski definition) is 4. The normalized spacial score (nSPS) is 11.1. The van der Waals surface area contributed by atoms with Crippen molar-refractivity contribution in [2.75, 3.05) is 0 Å². The van der Waals surface area contributed by atoms with Gasteiger partial charge in [-0.1, -0.05) is 78.5 Å². The van der Waals surface area contributed by atoms with Crippen LogP contribution in [0, 0.1) is 6.92 Å². The molecule has 6 heteroatoms. The molecule has 152 valence electrons. The lowest BCUT2D eigenvalue weighted by atomic mass is 10.1. The smallest absolute Gasteiger partial charge is 0.258 e. The Morgan fingerprint density at radius 1 is 0.903 bits per heavy atom. The molecular formula is C25H20N4OS. The maximum absolute atomic E-state index is 12.5. The van der Waals surface area contributed by atoms with Gasteiger partial charge < -0.3 is 4.98 Å². The highest BCUT2D eigenvalue weighted by Crippen LogP contribution is 2.33. The van der Waals surface area contributed by atoms with Gasteiger partial charge in [-0.3, -0.25) is 9.20 Å². The first-order valence-electron chi connectivity index (χ1n) is 10.0.